The van der Waals surface area contributed by atoms with Gasteiger partial charge in [0.1, 0.15) is 12.4 Å². The van der Waals surface area contributed by atoms with Gasteiger partial charge in [-0.25, -0.2) is 18.3 Å². The lowest BCUT2D eigenvalue weighted by atomic mass is 10.2. The highest BCUT2D eigenvalue weighted by molar-refractivity contribution is 6.31. The molecule has 0 saturated carbocycles. The van der Waals surface area contributed by atoms with E-state index in [2.05, 4.69) is 20.6 Å². The number of nitrogens with one attached hydrogen (secondary N) is 1. The van der Waals surface area contributed by atoms with E-state index in [1.807, 2.05) is 0 Å². The molecule has 0 aliphatic rings. The van der Waals surface area contributed by atoms with Crippen molar-refractivity contribution < 1.29 is 13.7 Å². The number of halogens is 3. The lowest BCUT2D eigenvalue weighted by molar-refractivity contribution is -0.117. The Morgan fingerprint density at radius 1 is 1.09 bits per heavy atom. The molecule has 1 N–H and O–H groups in total. The molecule has 0 spiro atoms. The standard InChI is InChI=1S/C22H13Cl2FN6O3/c23-13-5-3-12(4-6-13)19-27-21(34-29-19)15-2-1-9-30-20(15)28-31(22(30)33)11-18(32)26-17-8-7-14(24)10-16(17)25/h1-10H,11H2,(H,26,32). The molecule has 0 fully saturated rings. The average Bonchev–Trinajstić information content (AvgIpc) is 3.42. The third-order valence-corrected chi connectivity index (χ3v) is 5.35. The Hall–Kier alpha value is -4.02. The second kappa shape index (κ2) is 8.73. The molecule has 0 aliphatic carbocycles. The summed E-state index contributed by atoms with van der Waals surface area (Å²) in [6.07, 6.45) is 1.50. The number of amides is 1. The molecule has 0 bridgehead atoms. The van der Waals surface area contributed by atoms with Crippen LogP contribution in [0.4, 0.5) is 10.1 Å². The van der Waals surface area contributed by atoms with E-state index in [9.17, 15) is 14.0 Å². The number of anilines is 1. The number of hydrogen-bond donors (Lipinski definition) is 1. The van der Waals surface area contributed by atoms with Crippen molar-refractivity contribution in [1.29, 1.82) is 0 Å². The Labute approximate surface area is 200 Å². The molecule has 170 valence electrons. The number of carbonyl (C=O) groups excluding carboxylic acids is 1. The predicted molar refractivity (Wildman–Crippen MR) is 123 cm³/mol. The van der Waals surface area contributed by atoms with Gasteiger partial charge < -0.3 is 9.84 Å². The minimum Gasteiger partial charge on any atom is -0.333 e. The summed E-state index contributed by atoms with van der Waals surface area (Å²) in [5.74, 6) is -0.866. The lowest BCUT2D eigenvalue weighted by Gasteiger charge is -2.06. The van der Waals surface area contributed by atoms with E-state index in [0.29, 0.717) is 22.0 Å². The summed E-state index contributed by atoms with van der Waals surface area (Å²) in [5, 5.41) is 11.4. The van der Waals surface area contributed by atoms with Gasteiger partial charge in [0, 0.05) is 21.8 Å². The Morgan fingerprint density at radius 2 is 1.85 bits per heavy atom. The first kappa shape index (κ1) is 21.8. The third-order valence-electron chi connectivity index (χ3n) is 4.87. The van der Waals surface area contributed by atoms with Crippen LogP contribution in [0.1, 0.15) is 0 Å². The third kappa shape index (κ3) is 4.16. The normalized spacial score (nSPS) is 11.1. The number of carbonyl (C=O) groups is 1. The van der Waals surface area contributed by atoms with Crippen molar-refractivity contribution in [3.05, 3.63) is 87.1 Å². The average molecular weight is 499 g/mol. The molecule has 3 aromatic heterocycles. The zero-order chi connectivity index (χ0) is 23.8. The summed E-state index contributed by atoms with van der Waals surface area (Å²) >= 11 is 11.6. The maximum atomic E-state index is 14.0. The number of nitrogens with zero attached hydrogens (tertiary/aromatic N) is 5. The van der Waals surface area contributed by atoms with Gasteiger partial charge in [0.05, 0.1) is 11.3 Å². The second-order valence-corrected chi connectivity index (χ2v) is 8.03. The number of rotatable bonds is 5. The fraction of sp³-hybridized carbons (Fsp3) is 0.0455. The number of aromatic nitrogens is 5. The van der Waals surface area contributed by atoms with Gasteiger partial charge in [0.15, 0.2) is 5.65 Å². The highest BCUT2D eigenvalue weighted by Gasteiger charge is 2.19. The minimum atomic E-state index is -0.696. The highest BCUT2D eigenvalue weighted by atomic mass is 35.5. The van der Waals surface area contributed by atoms with Crippen LogP contribution in [-0.2, 0) is 11.3 Å². The molecule has 5 rings (SSSR count). The van der Waals surface area contributed by atoms with Crippen LogP contribution in [0.2, 0.25) is 10.0 Å². The molecule has 0 aliphatic heterocycles. The molecule has 2 aromatic carbocycles. The zero-order valence-corrected chi connectivity index (χ0v) is 18.6. The molecule has 1 amide bonds. The van der Waals surface area contributed by atoms with E-state index in [1.54, 1.807) is 36.4 Å². The molecule has 0 saturated heterocycles. The summed E-state index contributed by atoms with van der Waals surface area (Å²) in [4.78, 5) is 29.6. The van der Waals surface area contributed by atoms with E-state index >= 15 is 0 Å². The quantitative estimate of drug-likeness (QED) is 0.387. The van der Waals surface area contributed by atoms with Gasteiger partial charge in [0.2, 0.25) is 11.7 Å². The van der Waals surface area contributed by atoms with Crippen LogP contribution in [0, 0.1) is 5.82 Å². The molecule has 9 nitrogen and oxygen atoms in total. The van der Waals surface area contributed by atoms with Crippen LogP contribution in [0.3, 0.4) is 0 Å². The first-order chi connectivity index (χ1) is 16.4. The Morgan fingerprint density at radius 3 is 2.62 bits per heavy atom. The molecule has 3 heterocycles. The van der Waals surface area contributed by atoms with Crippen molar-refractivity contribution >= 4 is 40.4 Å². The molecule has 0 unspecified atom stereocenters. The molecule has 0 radical (unpaired) electrons. The fourth-order valence-corrected chi connectivity index (χ4v) is 3.56. The molecular formula is C22H13Cl2FN6O3. The molecule has 34 heavy (non-hydrogen) atoms. The zero-order valence-electron chi connectivity index (χ0n) is 17.1. The maximum Gasteiger partial charge on any atom is 0.350 e. The SMILES string of the molecule is O=C(Cn1nc2c(-c3nc(-c4ccc(Cl)cc4)no3)cccn2c1=O)Nc1ccc(Cl)cc1F. The van der Waals surface area contributed by atoms with Crippen molar-refractivity contribution in [1.82, 2.24) is 24.3 Å². The molecular weight excluding hydrogens is 486 g/mol. The maximum absolute atomic E-state index is 14.0. The van der Waals surface area contributed by atoms with Gasteiger partial charge >= 0.3 is 5.69 Å². The van der Waals surface area contributed by atoms with E-state index in [4.69, 9.17) is 27.7 Å². The minimum absolute atomic E-state index is 0.0625. The Balaban J connectivity index is 1.44. The number of benzene rings is 2. The molecule has 5 aromatic rings. The molecule has 12 heteroatoms. The van der Waals surface area contributed by atoms with Gasteiger partial charge in [-0.15, -0.1) is 5.10 Å². The van der Waals surface area contributed by atoms with E-state index < -0.39 is 24.0 Å². The van der Waals surface area contributed by atoms with Crippen molar-refractivity contribution in [2.75, 3.05) is 5.32 Å². The fourth-order valence-electron chi connectivity index (χ4n) is 3.27. The van der Waals surface area contributed by atoms with E-state index in [0.717, 1.165) is 10.7 Å². The van der Waals surface area contributed by atoms with Gasteiger partial charge in [-0.1, -0.05) is 28.4 Å². The monoisotopic (exact) mass is 498 g/mol. The van der Waals surface area contributed by atoms with Crippen LogP contribution in [0.25, 0.3) is 28.5 Å². The Bertz CT molecular complexity index is 1590. The van der Waals surface area contributed by atoms with Crippen molar-refractivity contribution in [2.24, 2.45) is 0 Å². The highest BCUT2D eigenvalue weighted by Crippen LogP contribution is 2.25. The summed E-state index contributed by atoms with van der Waals surface area (Å²) in [7, 11) is 0. The van der Waals surface area contributed by atoms with Gasteiger partial charge in [-0.2, -0.15) is 4.98 Å². The van der Waals surface area contributed by atoms with Gasteiger partial charge in [-0.05, 0) is 54.6 Å². The predicted octanol–water partition coefficient (Wildman–Crippen LogP) is 4.30. The smallest absolute Gasteiger partial charge is 0.333 e. The largest absolute Gasteiger partial charge is 0.350 e. The lowest BCUT2D eigenvalue weighted by Crippen LogP contribution is -2.28. The van der Waals surface area contributed by atoms with E-state index in [-0.39, 0.29) is 22.2 Å². The van der Waals surface area contributed by atoms with Crippen molar-refractivity contribution in [3.63, 3.8) is 0 Å². The van der Waals surface area contributed by atoms with Gasteiger partial charge in [0.25, 0.3) is 5.89 Å². The van der Waals surface area contributed by atoms with Crippen molar-refractivity contribution in [3.8, 4) is 22.8 Å². The van der Waals surface area contributed by atoms with Crippen LogP contribution >= 0.6 is 23.2 Å². The van der Waals surface area contributed by atoms with Gasteiger partial charge in [-0.3, -0.25) is 4.79 Å². The summed E-state index contributed by atoms with van der Waals surface area (Å²) in [5.41, 5.74) is 0.674. The summed E-state index contributed by atoms with van der Waals surface area (Å²) in [6, 6.07) is 14.0. The first-order valence-electron chi connectivity index (χ1n) is 9.82. The Kier molecular flexibility index (Phi) is 5.60. The number of fused-ring (bicyclic) bond motifs is 1. The number of pyridine rings is 1. The second-order valence-electron chi connectivity index (χ2n) is 7.16. The van der Waals surface area contributed by atoms with Crippen LogP contribution in [0.15, 0.2) is 70.1 Å². The topological polar surface area (TPSA) is 107 Å². The summed E-state index contributed by atoms with van der Waals surface area (Å²) in [6.45, 7) is -0.443. The number of hydrogen-bond acceptors (Lipinski definition) is 6. The molecule has 0 atom stereocenters. The summed E-state index contributed by atoms with van der Waals surface area (Å²) < 4.78 is 21.6. The first-order valence-corrected chi connectivity index (χ1v) is 10.6. The van der Waals surface area contributed by atoms with Crippen LogP contribution < -0.4 is 11.0 Å². The van der Waals surface area contributed by atoms with Crippen LogP contribution in [-0.4, -0.2) is 30.2 Å². The van der Waals surface area contributed by atoms with Crippen molar-refractivity contribution in [2.45, 2.75) is 6.54 Å². The van der Waals surface area contributed by atoms with E-state index in [1.165, 1.54) is 22.7 Å². The van der Waals surface area contributed by atoms with Crippen LogP contribution in [0.5, 0.6) is 0 Å².